The van der Waals surface area contributed by atoms with Crippen LogP contribution in [0.5, 0.6) is 0 Å². The fraction of sp³-hybridized carbons (Fsp3) is 0.333. The molecule has 1 aliphatic heterocycles. The molecule has 0 bridgehead atoms. The minimum absolute atomic E-state index is 0.0218. The molecule has 1 N–H and O–H groups in total. The summed E-state index contributed by atoms with van der Waals surface area (Å²) in [6.45, 7) is 6.15. The normalized spacial score (nSPS) is 14.8. The zero-order valence-corrected chi connectivity index (χ0v) is 18.4. The Balaban J connectivity index is 1.28. The largest absolute Gasteiger partial charge is 0.335 e. The summed E-state index contributed by atoms with van der Waals surface area (Å²) in [5.74, 6) is 0.0218. The van der Waals surface area contributed by atoms with Crippen LogP contribution in [0.1, 0.15) is 41.4 Å². The second kappa shape index (κ2) is 9.64. The first-order valence-corrected chi connectivity index (χ1v) is 10.9. The zero-order chi connectivity index (χ0) is 22.5. The Labute approximate surface area is 187 Å². The predicted octanol–water partition coefficient (Wildman–Crippen LogP) is 3.06. The number of amides is 3. The molecule has 2 aromatic carbocycles. The van der Waals surface area contributed by atoms with Crippen molar-refractivity contribution in [3.63, 3.8) is 0 Å². The van der Waals surface area contributed by atoms with Gasteiger partial charge in [-0.1, -0.05) is 31.2 Å². The summed E-state index contributed by atoms with van der Waals surface area (Å²) in [5, 5.41) is 7.17. The Kier molecular flexibility index (Phi) is 6.49. The van der Waals surface area contributed by atoms with Crippen LogP contribution < -0.4 is 5.32 Å². The predicted molar refractivity (Wildman–Crippen MR) is 122 cm³/mol. The number of rotatable bonds is 5. The molecule has 0 radical (unpaired) electrons. The molecule has 0 spiro atoms. The van der Waals surface area contributed by atoms with Crippen LogP contribution in [0, 0.1) is 0 Å². The monoisotopic (exact) mass is 432 g/mol. The topological polar surface area (TPSA) is 83.4 Å². The molecule has 1 aromatic heterocycles. The van der Waals surface area contributed by atoms with Crippen molar-refractivity contribution in [2.45, 2.75) is 26.3 Å². The lowest BCUT2D eigenvalue weighted by Crippen LogP contribution is -2.53. The maximum atomic E-state index is 12.7. The van der Waals surface area contributed by atoms with Gasteiger partial charge in [0.2, 0.25) is 0 Å². The van der Waals surface area contributed by atoms with Crippen molar-refractivity contribution in [3.05, 3.63) is 77.9 Å². The number of hydrogen-bond acceptors (Lipinski definition) is 4. The van der Waals surface area contributed by atoms with E-state index in [2.05, 4.69) is 22.3 Å². The van der Waals surface area contributed by atoms with Gasteiger partial charge in [0.15, 0.2) is 0 Å². The van der Waals surface area contributed by atoms with Gasteiger partial charge in [-0.3, -0.25) is 4.79 Å². The quantitative estimate of drug-likeness (QED) is 0.672. The molecule has 4 rings (SSSR count). The standard InChI is InChI=1S/C24H28N6O2/c1-3-19-4-6-21(7-5-19)23(31)28-12-14-29(15-13-28)24(32)27-18(2)20-8-10-22(11-9-20)30-17-25-16-26-30/h4-11,16-18H,3,12-15H2,1-2H3,(H,27,32). The summed E-state index contributed by atoms with van der Waals surface area (Å²) in [4.78, 5) is 33.0. The SMILES string of the molecule is CCc1ccc(C(=O)N2CCN(C(=O)NC(C)c3ccc(-n4cncn4)cc3)CC2)cc1. The van der Waals surface area contributed by atoms with E-state index in [0.29, 0.717) is 31.7 Å². The van der Waals surface area contributed by atoms with Gasteiger partial charge in [-0.2, -0.15) is 5.10 Å². The number of piperazine rings is 1. The number of benzene rings is 2. The minimum Gasteiger partial charge on any atom is -0.335 e. The van der Waals surface area contributed by atoms with Crippen molar-refractivity contribution in [3.8, 4) is 5.69 Å². The summed E-state index contributed by atoms with van der Waals surface area (Å²) >= 11 is 0. The summed E-state index contributed by atoms with van der Waals surface area (Å²) < 4.78 is 1.69. The molecule has 3 aromatic rings. The lowest BCUT2D eigenvalue weighted by molar-refractivity contribution is 0.0663. The molecule has 1 fully saturated rings. The van der Waals surface area contributed by atoms with Crippen LogP contribution in [0.2, 0.25) is 0 Å². The molecule has 1 atom stereocenters. The highest BCUT2D eigenvalue weighted by Crippen LogP contribution is 2.16. The van der Waals surface area contributed by atoms with Crippen LogP contribution in [0.3, 0.4) is 0 Å². The average molecular weight is 433 g/mol. The molecular weight excluding hydrogens is 404 g/mol. The number of aryl methyl sites for hydroxylation is 1. The van der Waals surface area contributed by atoms with Gasteiger partial charge in [-0.25, -0.2) is 14.5 Å². The molecule has 8 heteroatoms. The Bertz CT molecular complexity index is 1040. The molecule has 1 saturated heterocycles. The van der Waals surface area contributed by atoms with E-state index in [1.165, 1.54) is 11.9 Å². The van der Waals surface area contributed by atoms with E-state index in [-0.39, 0.29) is 18.0 Å². The second-order valence-corrected chi connectivity index (χ2v) is 7.93. The lowest BCUT2D eigenvalue weighted by Gasteiger charge is -2.35. The number of urea groups is 1. The average Bonchev–Trinajstić information content (AvgIpc) is 3.39. The Morgan fingerprint density at radius 1 is 0.969 bits per heavy atom. The maximum absolute atomic E-state index is 12.7. The lowest BCUT2D eigenvalue weighted by atomic mass is 10.1. The summed E-state index contributed by atoms with van der Waals surface area (Å²) in [5.41, 5.74) is 3.83. The van der Waals surface area contributed by atoms with Gasteiger partial charge in [0, 0.05) is 31.7 Å². The third kappa shape index (κ3) is 4.80. The van der Waals surface area contributed by atoms with Crippen LogP contribution in [-0.4, -0.2) is 62.7 Å². The molecule has 3 amide bonds. The van der Waals surface area contributed by atoms with Crippen LogP contribution in [0.15, 0.2) is 61.2 Å². The van der Waals surface area contributed by atoms with Crippen molar-refractivity contribution >= 4 is 11.9 Å². The number of carbonyl (C=O) groups is 2. The first-order chi connectivity index (χ1) is 15.5. The Morgan fingerprint density at radius 3 is 2.22 bits per heavy atom. The minimum atomic E-state index is -0.135. The van der Waals surface area contributed by atoms with Crippen molar-refractivity contribution < 1.29 is 9.59 Å². The fourth-order valence-corrected chi connectivity index (χ4v) is 3.80. The number of aromatic nitrogens is 3. The van der Waals surface area contributed by atoms with E-state index in [9.17, 15) is 9.59 Å². The van der Waals surface area contributed by atoms with Gasteiger partial charge < -0.3 is 15.1 Å². The first-order valence-electron chi connectivity index (χ1n) is 10.9. The fourth-order valence-electron chi connectivity index (χ4n) is 3.80. The van der Waals surface area contributed by atoms with E-state index in [1.807, 2.05) is 60.4 Å². The van der Waals surface area contributed by atoms with Crippen molar-refractivity contribution in [2.24, 2.45) is 0 Å². The zero-order valence-electron chi connectivity index (χ0n) is 18.4. The number of carbonyl (C=O) groups excluding carboxylic acids is 2. The molecule has 8 nitrogen and oxygen atoms in total. The van der Waals surface area contributed by atoms with Gasteiger partial charge in [-0.15, -0.1) is 0 Å². The van der Waals surface area contributed by atoms with Gasteiger partial charge in [0.1, 0.15) is 12.7 Å². The van der Waals surface area contributed by atoms with E-state index in [0.717, 1.165) is 17.7 Å². The highest BCUT2D eigenvalue weighted by atomic mass is 16.2. The highest BCUT2D eigenvalue weighted by Gasteiger charge is 2.25. The van der Waals surface area contributed by atoms with Crippen molar-refractivity contribution in [1.29, 1.82) is 0 Å². The second-order valence-electron chi connectivity index (χ2n) is 7.93. The van der Waals surface area contributed by atoms with E-state index in [4.69, 9.17) is 0 Å². The molecule has 0 saturated carbocycles. The molecule has 0 aliphatic carbocycles. The van der Waals surface area contributed by atoms with E-state index < -0.39 is 0 Å². The Morgan fingerprint density at radius 2 is 1.62 bits per heavy atom. The van der Waals surface area contributed by atoms with Crippen molar-refractivity contribution in [1.82, 2.24) is 29.9 Å². The van der Waals surface area contributed by atoms with Crippen LogP contribution in [-0.2, 0) is 6.42 Å². The van der Waals surface area contributed by atoms with Crippen LogP contribution in [0.4, 0.5) is 4.79 Å². The molecule has 166 valence electrons. The number of nitrogens with zero attached hydrogens (tertiary/aromatic N) is 5. The molecule has 1 aliphatic rings. The first kappa shape index (κ1) is 21.5. The highest BCUT2D eigenvalue weighted by molar-refractivity contribution is 5.94. The van der Waals surface area contributed by atoms with Gasteiger partial charge >= 0.3 is 6.03 Å². The summed E-state index contributed by atoms with van der Waals surface area (Å²) in [7, 11) is 0. The smallest absolute Gasteiger partial charge is 0.317 e. The van der Waals surface area contributed by atoms with E-state index >= 15 is 0 Å². The van der Waals surface area contributed by atoms with Gasteiger partial charge in [0.05, 0.1) is 11.7 Å². The van der Waals surface area contributed by atoms with Crippen LogP contribution >= 0.6 is 0 Å². The Hall–Kier alpha value is -3.68. The molecular formula is C24H28N6O2. The number of nitrogens with one attached hydrogen (secondary N) is 1. The molecule has 32 heavy (non-hydrogen) atoms. The summed E-state index contributed by atoms with van der Waals surface area (Å²) in [6, 6.07) is 15.4. The van der Waals surface area contributed by atoms with Gasteiger partial charge in [-0.05, 0) is 48.7 Å². The third-order valence-electron chi connectivity index (χ3n) is 5.88. The third-order valence-corrected chi connectivity index (χ3v) is 5.88. The maximum Gasteiger partial charge on any atom is 0.317 e. The molecule has 1 unspecified atom stereocenters. The van der Waals surface area contributed by atoms with E-state index in [1.54, 1.807) is 15.9 Å². The van der Waals surface area contributed by atoms with Gasteiger partial charge in [0.25, 0.3) is 5.91 Å². The van der Waals surface area contributed by atoms with Crippen molar-refractivity contribution in [2.75, 3.05) is 26.2 Å². The molecule has 2 heterocycles. The summed E-state index contributed by atoms with van der Waals surface area (Å²) in [6.07, 6.45) is 4.09. The van der Waals surface area contributed by atoms with Crippen LogP contribution in [0.25, 0.3) is 5.69 Å². The number of hydrogen-bond donors (Lipinski definition) is 1.